The molecule has 0 bridgehead atoms. The Morgan fingerprint density at radius 2 is 2.50 bits per heavy atom. The molecule has 0 saturated carbocycles. The standard InChI is InChI=1S/C9H15N3O2S2/c1-13-3-2-10-9-11-8(12-14-9)7-6-15-4-5-16-7/h7H,2-6H2,1H3,(H,10,11,12). The maximum absolute atomic E-state index is 5.11. The lowest BCUT2D eigenvalue weighted by Crippen LogP contribution is -2.09. The van der Waals surface area contributed by atoms with E-state index in [1.807, 2.05) is 23.5 Å². The molecule has 0 aromatic carbocycles. The molecule has 1 fully saturated rings. The number of nitrogens with zero attached hydrogens (tertiary/aromatic N) is 2. The van der Waals surface area contributed by atoms with E-state index in [2.05, 4.69) is 15.5 Å². The molecule has 1 saturated heterocycles. The molecule has 5 nitrogen and oxygen atoms in total. The van der Waals surface area contributed by atoms with Gasteiger partial charge in [-0.3, -0.25) is 0 Å². The van der Waals surface area contributed by atoms with Gasteiger partial charge in [0.1, 0.15) is 0 Å². The summed E-state index contributed by atoms with van der Waals surface area (Å²) in [6.45, 7) is 1.32. The maximum atomic E-state index is 5.11. The Morgan fingerprint density at radius 3 is 3.25 bits per heavy atom. The molecule has 7 heteroatoms. The predicted octanol–water partition coefficient (Wildman–Crippen LogP) is 1.65. The van der Waals surface area contributed by atoms with Crippen LogP contribution >= 0.6 is 23.5 Å². The summed E-state index contributed by atoms with van der Waals surface area (Å²) in [6.07, 6.45) is 0. The van der Waals surface area contributed by atoms with Crippen molar-refractivity contribution in [1.29, 1.82) is 0 Å². The lowest BCUT2D eigenvalue weighted by atomic mass is 10.4. The molecule has 0 aliphatic carbocycles. The lowest BCUT2D eigenvalue weighted by molar-refractivity contribution is 0.210. The van der Waals surface area contributed by atoms with Crippen LogP contribution in [-0.4, -0.2) is 47.7 Å². The number of thioether (sulfide) groups is 2. The number of methoxy groups -OCH3 is 1. The summed E-state index contributed by atoms with van der Waals surface area (Å²) in [5.74, 6) is 4.26. The molecule has 1 unspecified atom stereocenters. The van der Waals surface area contributed by atoms with Crippen LogP contribution in [0.1, 0.15) is 11.1 Å². The Bertz CT molecular complexity index is 315. The third-order valence-corrected chi connectivity index (χ3v) is 4.88. The first-order valence-corrected chi connectivity index (χ1v) is 7.36. The molecule has 1 aliphatic rings. The molecule has 1 aliphatic heterocycles. The second-order valence-electron chi connectivity index (χ2n) is 3.31. The highest BCUT2D eigenvalue weighted by Crippen LogP contribution is 2.35. The van der Waals surface area contributed by atoms with E-state index >= 15 is 0 Å². The molecule has 90 valence electrons. The normalized spacial score (nSPS) is 20.9. The highest BCUT2D eigenvalue weighted by molar-refractivity contribution is 8.06. The predicted molar refractivity (Wildman–Crippen MR) is 67.2 cm³/mol. The van der Waals surface area contributed by atoms with Crippen LogP contribution in [0.15, 0.2) is 4.52 Å². The monoisotopic (exact) mass is 261 g/mol. The van der Waals surface area contributed by atoms with Gasteiger partial charge >= 0.3 is 6.01 Å². The number of hydrogen-bond acceptors (Lipinski definition) is 7. The Labute approximate surface area is 103 Å². The Morgan fingerprint density at radius 1 is 1.56 bits per heavy atom. The molecule has 0 spiro atoms. The molecule has 1 aromatic rings. The van der Waals surface area contributed by atoms with Crippen molar-refractivity contribution in [3.05, 3.63) is 5.82 Å². The molecule has 0 radical (unpaired) electrons. The summed E-state index contributed by atoms with van der Waals surface area (Å²) in [6, 6.07) is 0.489. The van der Waals surface area contributed by atoms with Crippen LogP contribution in [0.5, 0.6) is 0 Å². The first kappa shape index (κ1) is 12.1. The summed E-state index contributed by atoms with van der Waals surface area (Å²) < 4.78 is 10.0. The second kappa shape index (κ2) is 6.36. The van der Waals surface area contributed by atoms with Crippen LogP contribution in [0.3, 0.4) is 0 Å². The fourth-order valence-electron chi connectivity index (χ4n) is 1.33. The fraction of sp³-hybridized carbons (Fsp3) is 0.778. The summed E-state index contributed by atoms with van der Waals surface area (Å²) in [4.78, 5) is 4.33. The van der Waals surface area contributed by atoms with Gasteiger partial charge in [-0.05, 0) is 0 Å². The van der Waals surface area contributed by atoms with E-state index in [4.69, 9.17) is 9.26 Å². The van der Waals surface area contributed by atoms with Gasteiger partial charge in [0.05, 0.1) is 11.9 Å². The zero-order chi connectivity index (χ0) is 11.2. The third kappa shape index (κ3) is 3.29. The van der Waals surface area contributed by atoms with Crippen molar-refractivity contribution in [3.8, 4) is 0 Å². The van der Waals surface area contributed by atoms with Crippen molar-refractivity contribution in [2.45, 2.75) is 5.25 Å². The van der Waals surface area contributed by atoms with Gasteiger partial charge in [0, 0.05) is 30.9 Å². The smallest absolute Gasteiger partial charge is 0.321 e. The first-order chi connectivity index (χ1) is 7.90. The average Bonchev–Trinajstić information content (AvgIpc) is 2.79. The third-order valence-electron chi connectivity index (χ3n) is 2.13. The fourth-order valence-corrected chi connectivity index (χ4v) is 3.92. The minimum atomic E-state index is 0.375. The minimum absolute atomic E-state index is 0.375. The Balaban J connectivity index is 1.85. The van der Waals surface area contributed by atoms with Gasteiger partial charge in [0.25, 0.3) is 0 Å². The van der Waals surface area contributed by atoms with Gasteiger partial charge in [0.2, 0.25) is 0 Å². The van der Waals surface area contributed by atoms with Gasteiger partial charge in [0.15, 0.2) is 5.82 Å². The number of aromatic nitrogens is 2. The topological polar surface area (TPSA) is 60.2 Å². The number of nitrogens with one attached hydrogen (secondary N) is 1. The molecule has 1 atom stereocenters. The van der Waals surface area contributed by atoms with E-state index in [-0.39, 0.29) is 0 Å². The van der Waals surface area contributed by atoms with Crippen molar-refractivity contribution in [2.75, 3.05) is 42.8 Å². The highest BCUT2D eigenvalue weighted by Gasteiger charge is 2.21. The van der Waals surface area contributed by atoms with Crippen LogP contribution < -0.4 is 5.32 Å². The molecular weight excluding hydrogens is 246 g/mol. The van der Waals surface area contributed by atoms with E-state index in [1.165, 1.54) is 5.75 Å². The quantitative estimate of drug-likeness (QED) is 0.809. The summed E-state index contributed by atoms with van der Waals surface area (Å²) in [7, 11) is 1.66. The zero-order valence-electron chi connectivity index (χ0n) is 9.14. The minimum Gasteiger partial charge on any atom is -0.383 e. The van der Waals surface area contributed by atoms with E-state index in [1.54, 1.807) is 7.11 Å². The molecule has 2 heterocycles. The van der Waals surface area contributed by atoms with Crippen LogP contribution in [0.25, 0.3) is 0 Å². The number of ether oxygens (including phenoxy) is 1. The van der Waals surface area contributed by atoms with E-state index in [0.717, 1.165) is 17.3 Å². The van der Waals surface area contributed by atoms with Gasteiger partial charge < -0.3 is 14.6 Å². The average molecular weight is 261 g/mol. The van der Waals surface area contributed by atoms with Gasteiger partial charge in [-0.25, -0.2) is 0 Å². The summed E-state index contributed by atoms with van der Waals surface area (Å²) in [5, 5.41) is 7.39. The molecule has 1 aromatic heterocycles. The van der Waals surface area contributed by atoms with E-state index in [0.29, 0.717) is 24.4 Å². The maximum Gasteiger partial charge on any atom is 0.321 e. The summed E-state index contributed by atoms with van der Waals surface area (Å²) >= 11 is 3.85. The number of hydrogen-bond donors (Lipinski definition) is 1. The van der Waals surface area contributed by atoms with Gasteiger partial charge in [-0.2, -0.15) is 16.7 Å². The molecule has 1 N–H and O–H groups in total. The Hall–Kier alpha value is -0.400. The van der Waals surface area contributed by atoms with Gasteiger partial charge in [-0.15, -0.1) is 11.8 Å². The zero-order valence-corrected chi connectivity index (χ0v) is 10.8. The largest absolute Gasteiger partial charge is 0.383 e. The van der Waals surface area contributed by atoms with Crippen molar-refractivity contribution in [3.63, 3.8) is 0 Å². The van der Waals surface area contributed by atoms with Crippen molar-refractivity contribution < 1.29 is 9.26 Å². The van der Waals surface area contributed by atoms with Crippen LogP contribution in [0.4, 0.5) is 6.01 Å². The van der Waals surface area contributed by atoms with E-state index in [9.17, 15) is 0 Å². The van der Waals surface area contributed by atoms with Crippen molar-refractivity contribution >= 4 is 29.5 Å². The van der Waals surface area contributed by atoms with Gasteiger partial charge in [-0.1, -0.05) is 5.16 Å². The highest BCUT2D eigenvalue weighted by atomic mass is 32.2. The lowest BCUT2D eigenvalue weighted by Gasteiger charge is -2.16. The Kier molecular flexibility index (Phi) is 4.80. The van der Waals surface area contributed by atoms with Crippen molar-refractivity contribution in [1.82, 2.24) is 10.1 Å². The number of rotatable bonds is 5. The molecule has 16 heavy (non-hydrogen) atoms. The molecule has 0 amide bonds. The van der Waals surface area contributed by atoms with E-state index < -0.39 is 0 Å². The molecule has 2 rings (SSSR count). The first-order valence-electron chi connectivity index (χ1n) is 5.16. The molecular formula is C9H15N3O2S2. The second-order valence-corrected chi connectivity index (χ2v) is 5.77. The van der Waals surface area contributed by atoms with Crippen molar-refractivity contribution in [2.24, 2.45) is 0 Å². The van der Waals surface area contributed by atoms with Crippen LogP contribution in [0.2, 0.25) is 0 Å². The van der Waals surface area contributed by atoms with Crippen LogP contribution in [0, 0.1) is 0 Å². The number of anilines is 1. The summed E-state index contributed by atoms with van der Waals surface area (Å²) in [5.41, 5.74) is 0. The van der Waals surface area contributed by atoms with Crippen LogP contribution in [-0.2, 0) is 4.74 Å². The SMILES string of the molecule is COCCNc1nc(C2CSCCS2)no1.